The SMILES string of the molecule is CNC1CC(C(C)(C)C)(C(C)(C)C)CC(Cl)(NC)C1Cl. The Hall–Kier alpha value is 0.500. The molecule has 120 valence electrons. The molecule has 0 amide bonds. The molecular formula is C16H32Cl2N2. The zero-order valence-corrected chi connectivity index (χ0v) is 15.8. The van der Waals surface area contributed by atoms with E-state index in [0.717, 1.165) is 12.8 Å². The molecule has 1 saturated carbocycles. The molecule has 0 aromatic carbocycles. The van der Waals surface area contributed by atoms with Gasteiger partial charge in [-0.25, -0.2) is 0 Å². The second kappa shape index (κ2) is 5.61. The van der Waals surface area contributed by atoms with Crippen LogP contribution in [0.2, 0.25) is 0 Å². The van der Waals surface area contributed by atoms with Crippen LogP contribution in [0.3, 0.4) is 0 Å². The monoisotopic (exact) mass is 322 g/mol. The minimum Gasteiger partial charge on any atom is -0.315 e. The number of alkyl halides is 2. The van der Waals surface area contributed by atoms with Gasteiger partial charge >= 0.3 is 0 Å². The number of hydrogen-bond donors (Lipinski definition) is 2. The second-order valence-corrected chi connectivity index (χ2v) is 9.52. The average molecular weight is 323 g/mol. The molecule has 0 aromatic heterocycles. The Morgan fingerprint density at radius 1 is 1.00 bits per heavy atom. The van der Waals surface area contributed by atoms with Gasteiger partial charge in [-0.15, -0.1) is 23.2 Å². The topological polar surface area (TPSA) is 24.1 Å². The fraction of sp³-hybridized carbons (Fsp3) is 1.00. The lowest BCUT2D eigenvalue weighted by atomic mass is 9.47. The van der Waals surface area contributed by atoms with E-state index in [-0.39, 0.29) is 27.7 Å². The quantitative estimate of drug-likeness (QED) is 0.588. The summed E-state index contributed by atoms with van der Waals surface area (Å²) in [5.41, 5.74) is 0.395. The molecule has 0 aromatic rings. The molecule has 0 saturated heterocycles. The molecule has 1 aliphatic carbocycles. The molecule has 0 spiro atoms. The maximum Gasteiger partial charge on any atom is 0.112 e. The summed E-state index contributed by atoms with van der Waals surface area (Å²) in [6, 6.07) is 0.203. The fourth-order valence-electron chi connectivity index (χ4n) is 4.15. The second-order valence-electron chi connectivity index (χ2n) is 8.37. The summed E-state index contributed by atoms with van der Waals surface area (Å²) >= 11 is 13.6. The molecule has 0 heterocycles. The van der Waals surface area contributed by atoms with Gasteiger partial charge in [-0.1, -0.05) is 41.5 Å². The summed E-state index contributed by atoms with van der Waals surface area (Å²) in [7, 11) is 3.89. The van der Waals surface area contributed by atoms with Crippen LogP contribution in [0.5, 0.6) is 0 Å². The lowest BCUT2D eigenvalue weighted by Gasteiger charge is -2.62. The molecule has 1 aliphatic rings. The Balaban J connectivity index is 3.40. The fourth-order valence-corrected chi connectivity index (χ4v) is 4.93. The van der Waals surface area contributed by atoms with Gasteiger partial charge in [-0.05, 0) is 43.2 Å². The number of nitrogens with one attached hydrogen (secondary N) is 2. The van der Waals surface area contributed by atoms with E-state index >= 15 is 0 Å². The Morgan fingerprint density at radius 2 is 1.45 bits per heavy atom. The van der Waals surface area contributed by atoms with E-state index in [0.29, 0.717) is 0 Å². The third kappa shape index (κ3) is 2.86. The van der Waals surface area contributed by atoms with Gasteiger partial charge in [0.25, 0.3) is 0 Å². The lowest BCUT2D eigenvalue weighted by molar-refractivity contribution is -0.0857. The summed E-state index contributed by atoms with van der Waals surface area (Å²) in [6.45, 7) is 14.0. The van der Waals surface area contributed by atoms with Gasteiger partial charge in [0.15, 0.2) is 0 Å². The first kappa shape index (κ1) is 18.5. The van der Waals surface area contributed by atoms with Crippen LogP contribution in [-0.2, 0) is 0 Å². The Kier molecular flexibility index (Phi) is 5.20. The van der Waals surface area contributed by atoms with Crippen molar-refractivity contribution in [2.45, 2.75) is 70.8 Å². The molecule has 3 unspecified atom stereocenters. The molecular weight excluding hydrogens is 291 g/mol. The third-order valence-electron chi connectivity index (χ3n) is 5.58. The van der Waals surface area contributed by atoms with Crippen LogP contribution in [0.25, 0.3) is 0 Å². The minimum atomic E-state index is -0.575. The predicted molar refractivity (Wildman–Crippen MR) is 90.7 cm³/mol. The first-order chi connectivity index (χ1) is 8.84. The number of rotatable bonds is 2. The molecule has 1 fully saturated rings. The van der Waals surface area contributed by atoms with Crippen molar-refractivity contribution in [3.05, 3.63) is 0 Å². The highest BCUT2D eigenvalue weighted by Crippen LogP contribution is 2.62. The van der Waals surface area contributed by atoms with Crippen LogP contribution in [0, 0.1) is 16.2 Å². The van der Waals surface area contributed by atoms with Crippen LogP contribution in [0.1, 0.15) is 54.4 Å². The Morgan fingerprint density at radius 3 is 1.75 bits per heavy atom. The van der Waals surface area contributed by atoms with Crippen molar-refractivity contribution >= 4 is 23.2 Å². The maximum absolute atomic E-state index is 6.90. The summed E-state index contributed by atoms with van der Waals surface area (Å²) in [6.07, 6.45) is 1.91. The molecule has 4 heteroatoms. The van der Waals surface area contributed by atoms with Crippen molar-refractivity contribution in [3.63, 3.8) is 0 Å². The van der Waals surface area contributed by atoms with Crippen molar-refractivity contribution in [1.82, 2.24) is 10.6 Å². The third-order valence-corrected chi connectivity index (χ3v) is 6.92. The van der Waals surface area contributed by atoms with Crippen LogP contribution in [0.15, 0.2) is 0 Å². The van der Waals surface area contributed by atoms with Gasteiger partial charge in [-0.3, -0.25) is 0 Å². The van der Waals surface area contributed by atoms with E-state index in [1.165, 1.54) is 0 Å². The highest BCUT2D eigenvalue weighted by atomic mass is 35.5. The highest BCUT2D eigenvalue weighted by Gasteiger charge is 2.60. The van der Waals surface area contributed by atoms with Crippen molar-refractivity contribution < 1.29 is 0 Å². The zero-order chi connectivity index (χ0) is 16.0. The van der Waals surface area contributed by atoms with Gasteiger partial charge in [-0.2, -0.15) is 0 Å². The molecule has 0 bridgehead atoms. The summed E-state index contributed by atoms with van der Waals surface area (Å²) in [4.78, 5) is -0.575. The molecule has 3 atom stereocenters. The molecule has 2 N–H and O–H groups in total. The van der Waals surface area contributed by atoms with E-state index in [4.69, 9.17) is 23.2 Å². The van der Waals surface area contributed by atoms with E-state index in [9.17, 15) is 0 Å². The number of hydrogen-bond acceptors (Lipinski definition) is 2. The van der Waals surface area contributed by atoms with Crippen molar-refractivity contribution in [3.8, 4) is 0 Å². The van der Waals surface area contributed by atoms with Crippen LogP contribution in [-0.4, -0.2) is 30.5 Å². The van der Waals surface area contributed by atoms with E-state index in [1.54, 1.807) is 0 Å². The van der Waals surface area contributed by atoms with Crippen LogP contribution < -0.4 is 10.6 Å². The largest absolute Gasteiger partial charge is 0.315 e. The Bertz CT molecular complexity index is 329. The molecule has 20 heavy (non-hydrogen) atoms. The van der Waals surface area contributed by atoms with Gasteiger partial charge in [0.1, 0.15) is 5.00 Å². The molecule has 0 radical (unpaired) electrons. The number of halogens is 2. The van der Waals surface area contributed by atoms with Gasteiger partial charge in [0, 0.05) is 6.04 Å². The summed E-state index contributed by atoms with van der Waals surface area (Å²) in [5, 5.41) is 6.54. The lowest BCUT2D eigenvalue weighted by Crippen LogP contribution is -2.66. The first-order valence-corrected chi connectivity index (χ1v) is 8.35. The van der Waals surface area contributed by atoms with E-state index in [2.05, 4.69) is 52.2 Å². The first-order valence-electron chi connectivity index (χ1n) is 7.54. The smallest absolute Gasteiger partial charge is 0.112 e. The van der Waals surface area contributed by atoms with E-state index < -0.39 is 5.00 Å². The molecule has 0 aliphatic heterocycles. The zero-order valence-electron chi connectivity index (χ0n) is 14.3. The maximum atomic E-state index is 6.90. The summed E-state index contributed by atoms with van der Waals surface area (Å²) < 4.78 is 0. The standard InChI is InChI=1S/C16H32Cl2N2/c1-13(2,3)15(14(4,5)6)9-11(19-7)12(17)16(18,10-15)20-8/h11-12,19-20H,9-10H2,1-8H3. The highest BCUT2D eigenvalue weighted by molar-refractivity contribution is 6.32. The van der Waals surface area contributed by atoms with Crippen molar-refractivity contribution in [2.24, 2.45) is 16.2 Å². The average Bonchev–Trinajstić information content (AvgIpc) is 2.29. The summed E-state index contributed by atoms with van der Waals surface area (Å²) in [5.74, 6) is 0. The van der Waals surface area contributed by atoms with Gasteiger partial charge in [0.2, 0.25) is 0 Å². The molecule has 2 nitrogen and oxygen atoms in total. The van der Waals surface area contributed by atoms with Crippen molar-refractivity contribution in [1.29, 1.82) is 0 Å². The van der Waals surface area contributed by atoms with Crippen LogP contribution in [0.4, 0.5) is 0 Å². The van der Waals surface area contributed by atoms with Gasteiger partial charge in [0.05, 0.1) is 5.38 Å². The predicted octanol–water partition coefficient (Wildman–Crippen LogP) is 4.21. The van der Waals surface area contributed by atoms with Crippen LogP contribution >= 0.6 is 23.2 Å². The molecule has 1 rings (SSSR count). The van der Waals surface area contributed by atoms with Gasteiger partial charge < -0.3 is 10.6 Å². The minimum absolute atomic E-state index is 0.101. The normalized spacial score (nSPS) is 35.1. The van der Waals surface area contributed by atoms with E-state index in [1.807, 2.05) is 14.1 Å². The van der Waals surface area contributed by atoms with Crippen molar-refractivity contribution in [2.75, 3.05) is 14.1 Å². The Labute approximate surface area is 135 Å².